The number of hydrogen-bond acceptors (Lipinski definition) is 6. The van der Waals surface area contributed by atoms with E-state index >= 15 is 0 Å². The van der Waals surface area contributed by atoms with Crippen molar-refractivity contribution in [2.75, 3.05) is 19.5 Å². The Morgan fingerprint density at radius 3 is 2.79 bits per heavy atom. The molecule has 0 aliphatic heterocycles. The molecule has 1 heterocycles. The molecular weight excluding hydrogens is 312 g/mol. The maximum absolute atomic E-state index is 11.4. The summed E-state index contributed by atoms with van der Waals surface area (Å²) in [5.74, 6) is 0.873. The number of fused-ring (bicyclic) bond motifs is 1. The van der Waals surface area contributed by atoms with Gasteiger partial charge in [-0.15, -0.1) is 0 Å². The Hall–Kier alpha value is -3.29. The Labute approximate surface area is 137 Å². The Balaban J connectivity index is 2.19. The van der Waals surface area contributed by atoms with Gasteiger partial charge in [0.15, 0.2) is 5.75 Å². The fourth-order valence-corrected chi connectivity index (χ4v) is 2.49. The second kappa shape index (κ2) is 6.07. The van der Waals surface area contributed by atoms with Crippen LogP contribution in [-0.2, 0) is 0 Å². The molecule has 0 bridgehead atoms. The molecule has 3 aromatic rings. The van der Waals surface area contributed by atoms with Gasteiger partial charge in [-0.3, -0.25) is 10.1 Å². The van der Waals surface area contributed by atoms with Gasteiger partial charge in [-0.2, -0.15) is 0 Å². The van der Waals surface area contributed by atoms with E-state index in [0.717, 1.165) is 11.0 Å². The first-order chi connectivity index (χ1) is 11.5. The number of nitrogens with two attached hydrogens (primary N) is 1. The van der Waals surface area contributed by atoms with Crippen LogP contribution in [0.5, 0.6) is 11.5 Å². The smallest absolute Gasteiger partial charge is 0.315 e. The maximum Gasteiger partial charge on any atom is 0.315 e. The van der Waals surface area contributed by atoms with E-state index in [2.05, 4.69) is 9.97 Å². The SMILES string of the molecule is CCOc1cc(-c2nc3ccc(N)cc3[nH]2)cc([N+](=O)[O-])c1OC. The number of hydrogen-bond donors (Lipinski definition) is 2. The first kappa shape index (κ1) is 15.6. The number of nitro benzene ring substituents is 1. The number of H-pyrrole nitrogens is 1. The largest absolute Gasteiger partial charge is 0.490 e. The van der Waals surface area contributed by atoms with Crippen LogP contribution >= 0.6 is 0 Å². The van der Waals surface area contributed by atoms with Crippen LogP contribution in [0.3, 0.4) is 0 Å². The van der Waals surface area contributed by atoms with Gasteiger partial charge < -0.3 is 20.2 Å². The van der Waals surface area contributed by atoms with E-state index in [1.807, 2.05) is 0 Å². The van der Waals surface area contributed by atoms with Crippen LogP contribution in [-0.4, -0.2) is 28.6 Å². The number of nitrogen functional groups attached to an aromatic ring is 1. The summed E-state index contributed by atoms with van der Waals surface area (Å²) in [6.45, 7) is 2.15. The van der Waals surface area contributed by atoms with Crippen LogP contribution in [0.2, 0.25) is 0 Å². The van der Waals surface area contributed by atoms with Gasteiger partial charge in [0.2, 0.25) is 5.75 Å². The zero-order chi connectivity index (χ0) is 17.3. The summed E-state index contributed by atoms with van der Waals surface area (Å²) in [6, 6.07) is 8.35. The molecule has 0 fully saturated rings. The number of aromatic amines is 1. The topological polar surface area (TPSA) is 116 Å². The Morgan fingerprint density at radius 2 is 2.12 bits per heavy atom. The average molecular weight is 328 g/mol. The first-order valence-corrected chi connectivity index (χ1v) is 7.28. The highest BCUT2D eigenvalue weighted by Crippen LogP contribution is 2.40. The minimum absolute atomic E-state index is 0.0888. The molecule has 0 saturated carbocycles. The molecule has 8 heteroatoms. The van der Waals surface area contributed by atoms with E-state index in [1.54, 1.807) is 31.2 Å². The number of ether oxygens (including phenoxy) is 2. The van der Waals surface area contributed by atoms with Crippen molar-refractivity contribution < 1.29 is 14.4 Å². The van der Waals surface area contributed by atoms with Gasteiger partial charge in [0, 0.05) is 17.3 Å². The zero-order valence-electron chi connectivity index (χ0n) is 13.2. The van der Waals surface area contributed by atoms with Gasteiger partial charge in [-0.25, -0.2) is 4.98 Å². The Morgan fingerprint density at radius 1 is 1.33 bits per heavy atom. The van der Waals surface area contributed by atoms with Crippen molar-refractivity contribution in [1.82, 2.24) is 9.97 Å². The van der Waals surface area contributed by atoms with Crippen molar-refractivity contribution in [1.29, 1.82) is 0 Å². The van der Waals surface area contributed by atoms with Crippen molar-refractivity contribution in [3.8, 4) is 22.9 Å². The van der Waals surface area contributed by atoms with E-state index in [9.17, 15) is 10.1 Å². The lowest BCUT2D eigenvalue weighted by Crippen LogP contribution is -2.00. The van der Waals surface area contributed by atoms with Gasteiger partial charge in [-0.05, 0) is 31.2 Å². The zero-order valence-corrected chi connectivity index (χ0v) is 13.2. The van der Waals surface area contributed by atoms with Gasteiger partial charge in [0.05, 0.1) is 29.7 Å². The second-order valence-electron chi connectivity index (χ2n) is 5.08. The summed E-state index contributed by atoms with van der Waals surface area (Å²) >= 11 is 0. The fraction of sp³-hybridized carbons (Fsp3) is 0.188. The number of aromatic nitrogens is 2. The molecule has 0 spiro atoms. The molecule has 1 aromatic heterocycles. The molecule has 0 atom stereocenters. The lowest BCUT2D eigenvalue weighted by atomic mass is 10.1. The number of rotatable bonds is 5. The van der Waals surface area contributed by atoms with Crippen LogP contribution < -0.4 is 15.2 Å². The molecule has 3 N–H and O–H groups in total. The minimum Gasteiger partial charge on any atom is -0.490 e. The van der Waals surface area contributed by atoms with E-state index in [0.29, 0.717) is 29.4 Å². The molecule has 0 unspecified atom stereocenters. The van der Waals surface area contributed by atoms with Crippen LogP contribution in [0, 0.1) is 10.1 Å². The van der Waals surface area contributed by atoms with Crippen LogP contribution in [0.1, 0.15) is 6.92 Å². The number of nitrogens with one attached hydrogen (secondary N) is 1. The van der Waals surface area contributed by atoms with Crippen molar-refractivity contribution in [3.05, 3.63) is 40.4 Å². The van der Waals surface area contributed by atoms with Gasteiger partial charge in [0.25, 0.3) is 0 Å². The molecule has 0 aliphatic carbocycles. The van der Waals surface area contributed by atoms with Gasteiger partial charge in [-0.1, -0.05) is 0 Å². The predicted octanol–water partition coefficient (Wildman–Crippen LogP) is 3.13. The molecule has 124 valence electrons. The highest BCUT2D eigenvalue weighted by Gasteiger charge is 2.23. The number of nitro groups is 1. The van der Waals surface area contributed by atoms with E-state index in [1.165, 1.54) is 13.2 Å². The quantitative estimate of drug-likeness (QED) is 0.422. The predicted molar refractivity (Wildman–Crippen MR) is 90.3 cm³/mol. The standard InChI is InChI=1S/C16H16N4O4/c1-3-24-14-7-9(6-13(20(21)22)15(14)23-2)16-18-11-5-4-10(17)8-12(11)19-16/h4-8H,3,17H2,1-2H3,(H,18,19). The molecular formula is C16H16N4O4. The van der Waals surface area contributed by atoms with E-state index in [4.69, 9.17) is 15.2 Å². The fourth-order valence-electron chi connectivity index (χ4n) is 2.49. The molecule has 0 radical (unpaired) electrons. The monoisotopic (exact) mass is 328 g/mol. The third kappa shape index (κ3) is 2.69. The normalized spacial score (nSPS) is 10.8. The van der Waals surface area contributed by atoms with Crippen LogP contribution in [0.25, 0.3) is 22.4 Å². The van der Waals surface area contributed by atoms with Gasteiger partial charge >= 0.3 is 5.69 Å². The minimum atomic E-state index is -0.508. The van der Waals surface area contributed by atoms with E-state index in [-0.39, 0.29) is 11.4 Å². The van der Waals surface area contributed by atoms with Crippen molar-refractivity contribution in [2.24, 2.45) is 0 Å². The molecule has 0 saturated heterocycles. The first-order valence-electron chi connectivity index (χ1n) is 7.28. The number of imidazole rings is 1. The summed E-state index contributed by atoms with van der Waals surface area (Å²) in [5.41, 5.74) is 8.18. The summed E-state index contributed by atoms with van der Waals surface area (Å²) in [6.07, 6.45) is 0. The average Bonchev–Trinajstić information content (AvgIpc) is 2.97. The lowest BCUT2D eigenvalue weighted by molar-refractivity contribution is -0.385. The molecule has 2 aromatic carbocycles. The van der Waals surface area contributed by atoms with Gasteiger partial charge in [0.1, 0.15) is 5.82 Å². The van der Waals surface area contributed by atoms with Crippen molar-refractivity contribution in [3.63, 3.8) is 0 Å². The summed E-state index contributed by atoms with van der Waals surface area (Å²) in [5, 5.41) is 11.4. The summed E-state index contributed by atoms with van der Waals surface area (Å²) < 4.78 is 10.6. The highest BCUT2D eigenvalue weighted by atomic mass is 16.6. The summed E-state index contributed by atoms with van der Waals surface area (Å²) in [4.78, 5) is 18.4. The molecule has 0 aliphatic rings. The third-order valence-electron chi connectivity index (χ3n) is 3.52. The highest BCUT2D eigenvalue weighted by molar-refractivity contribution is 5.83. The Bertz CT molecular complexity index is 920. The second-order valence-corrected chi connectivity index (χ2v) is 5.08. The van der Waals surface area contributed by atoms with Crippen molar-refractivity contribution >= 4 is 22.4 Å². The maximum atomic E-state index is 11.4. The van der Waals surface area contributed by atoms with Crippen LogP contribution in [0.4, 0.5) is 11.4 Å². The molecule has 3 rings (SSSR count). The van der Waals surface area contributed by atoms with E-state index < -0.39 is 4.92 Å². The summed E-state index contributed by atoms with van der Waals surface area (Å²) in [7, 11) is 1.37. The molecule has 0 amide bonds. The number of anilines is 1. The Kier molecular flexibility index (Phi) is 3.95. The number of methoxy groups -OCH3 is 1. The third-order valence-corrected chi connectivity index (χ3v) is 3.52. The number of benzene rings is 2. The lowest BCUT2D eigenvalue weighted by Gasteiger charge is -2.11. The molecule has 24 heavy (non-hydrogen) atoms. The van der Waals surface area contributed by atoms with Crippen LogP contribution in [0.15, 0.2) is 30.3 Å². The number of nitrogens with zero attached hydrogens (tertiary/aromatic N) is 2. The molecule has 8 nitrogen and oxygen atoms in total. The van der Waals surface area contributed by atoms with Crippen molar-refractivity contribution in [2.45, 2.75) is 6.92 Å².